The summed E-state index contributed by atoms with van der Waals surface area (Å²) in [6.45, 7) is 3.04. The Labute approximate surface area is 112 Å². The highest BCUT2D eigenvalue weighted by Crippen LogP contribution is 2.29. The summed E-state index contributed by atoms with van der Waals surface area (Å²) >= 11 is 0. The Morgan fingerprint density at radius 1 is 1.26 bits per heavy atom. The lowest BCUT2D eigenvalue weighted by Crippen LogP contribution is -1.97. The molecule has 0 atom stereocenters. The Morgan fingerprint density at radius 3 is 2.89 bits per heavy atom. The van der Waals surface area contributed by atoms with Crippen LogP contribution >= 0.6 is 0 Å². The van der Waals surface area contributed by atoms with E-state index in [4.69, 9.17) is 0 Å². The molecule has 1 N–H and O–H groups in total. The van der Waals surface area contributed by atoms with Crippen molar-refractivity contribution in [2.45, 2.75) is 39.2 Å². The van der Waals surface area contributed by atoms with Crippen LogP contribution < -0.4 is 0 Å². The molecule has 2 aromatic rings. The minimum atomic E-state index is -0.358. The highest BCUT2D eigenvalue weighted by molar-refractivity contribution is 5.68. The quantitative estimate of drug-likeness (QED) is 0.800. The first kappa shape index (κ1) is 13.6. The van der Waals surface area contributed by atoms with Gasteiger partial charge in [-0.1, -0.05) is 26.2 Å². The maximum absolute atomic E-state index is 13.2. The molecule has 0 aliphatic rings. The lowest BCUT2D eigenvalue weighted by molar-refractivity contribution is 0.475. The van der Waals surface area contributed by atoms with E-state index >= 15 is 0 Å². The summed E-state index contributed by atoms with van der Waals surface area (Å²) in [4.78, 5) is 0. The number of aromatic nitrogens is 2. The molecule has 1 aromatic carbocycles. The van der Waals surface area contributed by atoms with E-state index in [2.05, 4.69) is 12.0 Å². The van der Waals surface area contributed by atoms with Crippen LogP contribution in [0.4, 0.5) is 4.39 Å². The molecule has 0 saturated carbocycles. The minimum absolute atomic E-state index is 0.0759. The molecule has 0 unspecified atom stereocenters. The molecule has 2 rings (SSSR count). The van der Waals surface area contributed by atoms with Gasteiger partial charge in [0.1, 0.15) is 11.6 Å². The van der Waals surface area contributed by atoms with Crippen molar-refractivity contribution in [3.63, 3.8) is 0 Å². The van der Waals surface area contributed by atoms with Gasteiger partial charge in [-0.05, 0) is 24.6 Å². The maximum atomic E-state index is 13.2. The van der Waals surface area contributed by atoms with Crippen molar-refractivity contribution in [2.75, 3.05) is 0 Å². The summed E-state index contributed by atoms with van der Waals surface area (Å²) in [5.41, 5.74) is 1.23. The molecular formula is C15H19FN2O. The van der Waals surface area contributed by atoms with Crippen LogP contribution in [0.5, 0.6) is 5.75 Å². The number of halogens is 1. The van der Waals surface area contributed by atoms with Gasteiger partial charge in [-0.3, -0.25) is 4.68 Å². The van der Waals surface area contributed by atoms with Gasteiger partial charge in [0.2, 0.25) is 0 Å². The van der Waals surface area contributed by atoms with E-state index < -0.39 is 0 Å². The first-order valence-corrected chi connectivity index (χ1v) is 6.72. The fraction of sp³-hybridized carbons (Fsp3) is 0.400. The number of benzene rings is 1. The molecule has 0 amide bonds. The molecular weight excluding hydrogens is 243 g/mol. The van der Waals surface area contributed by atoms with Gasteiger partial charge in [-0.25, -0.2) is 4.39 Å². The molecule has 19 heavy (non-hydrogen) atoms. The highest BCUT2D eigenvalue weighted by Gasteiger charge is 2.08. The Balaban J connectivity index is 2.06. The van der Waals surface area contributed by atoms with Crippen LogP contribution in [0, 0.1) is 5.82 Å². The number of aromatic hydroxyl groups is 1. The molecule has 0 saturated heterocycles. The number of unbranched alkanes of at least 4 members (excludes halogenated alkanes) is 3. The van der Waals surface area contributed by atoms with Gasteiger partial charge in [0.15, 0.2) is 0 Å². The van der Waals surface area contributed by atoms with Crippen LogP contribution in [0.15, 0.2) is 30.6 Å². The van der Waals surface area contributed by atoms with E-state index in [0.29, 0.717) is 5.56 Å². The summed E-state index contributed by atoms with van der Waals surface area (Å²) in [6, 6.07) is 3.94. The lowest BCUT2D eigenvalue weighted by Gasteiger charge is -2.02. The molecule has 0 fully saturated rings. The molecule has 0 radical (unpaired) electrons. The van der Waals surface area contributed by atoms with Gasteiger partial charge in [0.05, 0.1) is 6.20 Å². The molecule has 0 aliphatic heterocycles. The largest absolute Gasteiger partial charge is 0.507 e. The van der Waals surface area contributed by atoms with Crippen LogP contribution in [0.3, 0.4) is 0 Å². The average Bonchev–Trinajstić information content (AvgIpc) is 2.86. The molecule has 102 valence electrons. The fourth-order valence-electron chi connectivity index (χ4n) is 2.07. The standard InChI is InChI=1S/C15H19FN2O/c1-2-3-4-5-8-18-11-12(10-17-18)14-9-13(16)6-7-15(14)19/h6-7,9-11,19H,2-5,8H2,1H3. The number of hydrogen-bond acceptors (Lipinski definition) is 2. The van der Waals surface area contributed by atoms with Gasteiger partial charge in [0.25, 0.3) is 0 Å². The molecule has 0 aliphatic carbocycles. The number of phenols is 1. The van der Waals surface area contributed by atoms with Crippen molar-refractivity contribution in [1.29, 1.82) is 0 Å². The van der Waals surface area contributed by atoms with E-state index in [-0.39, 0.29) is 11.6 Å². The highest BCUT2D eigenvalue weighted by atomic mass is 19.1. The second kappa shape index (κ2) is 6.36. The van der Waals surface area contributed by atoms with Crippen LogP contribution in [-0.4, -0.2) is 14.9 Å². The maximum Gasteiger partial charge on any atom is 0.124 e. The Bertz CT molecular complexity index is 537. The number of phenolic OH excluding ortho intramolecular Hbond substituents is 1. The normalized spacial score (nSPS) is 10.8. The second-order valence-corrected chi connectivity index (χ2v) is 4.71. The van der Waals surface area contributed by atoms with Gasteiger partial charge in [0, 0.05) is 23.9 Å². The van der Waals surface area contributed by atoms with Gasteiger partial charge in [-0.15, -0.1) is 0 Å². The SMILES string of the molecule is CCCCCCn1cc(-c2cc(F)ccc2O)cn1. The van der Waals surface area contributed by atoms with E-state index in [1.54, 1.807) is 6.20 Å². The summed E-state index contributed by atoms with van der Waals surface area (Å²) in [6.07, 6.45) is 8.23. The summed E-state index contributed by atoms with van der Waals surface area (Å²) in [5, 5.41) is 14.0. The third-order valence-electron chi connectivity index (χ3n) is 3.14. The molecule has 3 nitrogen and oxygen atoms in total. The Morgan fingerprint density at radius 2 is 2.11 bits per heavy atom. The van der Waals surface area contributed by atoms with Crippen molar-refractivity contribution < 1.29 is 9.50 Å². The van der Waals surface area contributed by atoms with Crippen molar-refractivity contribution in [2.24, 2.45) is 0 Å². The zero-order valence-corrected chi connectivity index (χ0v) is 11.1. The van der Waals surface area contributed by atoms with E-state index in [1.807, 2.05) is 10.9 Å². The molecule has 0 spiro atoms. The van der Waals surface area contributed by atoms with Crippen molar-refractivity contribution in [3.8, 4) is 16.9 Å². The monoisotopic (exact) mass is 262 g/mol. The molecule has 4 heteroatoms. The minimum Gasteiger partial charge on any atom is -0.507 e. The summed E-state index contributed by atoms with van der Waals surface area (Å²) in [5.74, 6) is -0.282. The van der Waals surface area contributed by atoms with Crippen LogP contribution in [0.1, 0.15) is 32.6 Å². The van der Waals surface area contributed by atoms with Gasteiger partial charge in [-0.2, -0.15) is 5.10 Å². The molecule has 1 aromatic heterocycles. The van der Waals surface area contributed by atoms with Crippen LogP contribution in [0.25, 0.3) is 11.1 Å². The van der Waals surface area contributed by atoms with E-state index in [9.17, 15) is 9.50 Å². The topological polar surface area (TPSA) is 38.0 Å². The van der Waals surface area contributed by atoms with Crippen molar-refractivity contribution >= 4 is 0 Å². The smallest absolute Gasteiger partial charge is 0.124 e. The zero-order valence-electron chi connectivity index (χ0n) is 11.1. The van der Waals surface area contributed by atoms with Crippen molar-refractivity contribution in [1.82, 2.24) is 9.78 Å². The number of hydrogen-bond donors (Lipinski definition) is 1. The van der Waals surface area contributed by atoms with Gasteiger partial charge >= 0.3 is 0 Å². The molecule has 1 heterocycles. The third-order valence-corrected chi connectivity index (χ3v) is 3.14. The average molecular weight is 262 g/mol. The third kappa shape index (κ3) is 3.56. The van der Waals surface area contributed by atoms with E-state index in [1.165, 1.54) is 37.5 Å². The Kier molecular flexibility index (Phi) is 4.55. The predicted octanol–water partition coefficient (Wildman–Crippen LogP) is 3.98. The Hall–Kier alpha value is -1.84. The molecule has 0 bridgehead atoms. The summed E-state index contributed by atoms with van der Waals surface area (Å²) < 4.78 is 15.0. The second-order valence-electron chi connectivity index (χ2n) is 4.71. The van der Waals surface area contributed by atoms with Crippen LogP contribution in [0.2, 0.25) is 0 Å². The first-order valence-electron chi connectivity index (χ1n) is 6.72. The number of aryl methyl sites for hydroxylation is 1. The zero-order chi connectivity index (χ0) is 13.7. The number of nitrogens with zero attached hydrogens (tertiary/aromatic N) is 2. The summed E-state index contributed by atoms with van der Waals surface area (Å²) in [7, 11) is 0. The van der Waals surface area contributed by atoms with E-state index in [0.717, 1.165) is 18.5 Å². The number of rotatable bonds is 6. The van der Waals surface area contributed by atoms with Gasteiger partial charge < -0.3 is 5.11 Å². The van der Waals surface area contributed by atoms with Crippen LogP contribution in [-0.2, 0) is 6.54 Å². The lowest BCUT2D eigenvalue weighted by atomic mass is 10.1. The predicted molar refractivity (Wildman–Crippen MR) is 73.4 cm³/mol. The first-order chi connectivity index (χ1) is 9.20. The van der Waals surface area contributed by atoms with Crippen molar-refractivity contribution in [3.05, 3.63) is 36.4 Å². The fourth-order valence-corrected chi connectivity index (χ4v) is 2.07.